The van der Waals surface area contributed by atoms with Crippen LogP contribution in [0, 0.1) is 0 Å². The first kappa shape index (κ1) is 13.3. The smallest absolute Gasteiger partial charge is 0.176 e. The Balaban J connectivity index is 1.95. The molecule has 0 bridgehead atoms. The maximum atomic E-state index is 12.0. The SMILES string of the molecule is CN(CC(=O)c1cccc(Cl)c1)Cc1ccsc1. The van der Waals surface area contributed by atoms with Crippen LogP contribution in [0.25, 0.3) is 0 Å². The molecule has 18 heavy (non-hydrogen) atoms. The molecule has 2 aromatic rings. The molecule has 4 heteroatoms. The molecule has 94 valence electrons. The average molecular weight is 280 g/mol. The number of likely N-dealkylation sites (N-methyl/N-ethyl adjacent to an activating group) is 1. The molecule has 0 aliphatic carbocycles. The molecule has 0 atom stereocenters. The molecule has 0 radical (unpaired) electrons. The highest BCUT2D eigenvalue weighted by atomic mass is 35.5. The number of hydrogen-bond donors (Lipinski definition) is 0. The third-order valence-corrected chi connectivity index (χ3v) is 3.56. The highest BCUT2D eigenvalue weighted by molar-refractivity contribution is 7.07. The first-order chi connectivity index (χ1) is 8.65. The number of thiophene rings is 1. The third-order valence-electron chi connectivity index (χ3n) is 2.59. The van der Waals surface area contributed by atoms with E-state index in [2.05, 4.69) is 11.4 Å². The quantitative estimate of drug-likeness (QED) is 0.778. The second kappa shape index (κ2) is 6.14. The summed E-state index contributed by atoms with van der Waals surface area (Å²) in [5.41, 5.74) is 1.90. The Bertz CT molecular complexity index is 524. The normalized spacial score (nSPS) is 10.8. The maximum absolute atomic E-state index is 12.0. The first-order valence-corrected chi connectivity index (χ1v) is 6.95. The van der Waals surface area contributed by atoms with Crippen LogP contribution < -0.4 is 0 Å². The van der Waals surface area contributed by atoms with E-state index in [1.807, 2.05) is 17.3 Å². The van der Waals surface area contributed by atoms with Crippen molar-refractivity contribution < 1.29 is 4.79 Å². The number of carbonyl (C=O) groups is 1. The number of hydrogen-bond acceptors (Lipinski definition) is 3. The zero-order valence-corrected chi connectivity index (χ0v) is 11.7. The number of nitrogens with zero attached hydrogens (tertiary/aromatic N) is 1. The Labute approximate surface area is 116 Å². The summed E-state index contributed by atoms with van der Waals surface area (Å²) in [6.45, 7) is 1.19. The number of benzene rings is 1. The van der Waals surface area contributed by atoms with Crippen molar-refractivity contribution in [1.29, 1.82) is 0 Å². The minimum atomic E-state index is 0.0928. The van der Waals surface area contributed by atoms with E-state index in [-0.39, 0.29) is 5.78 Å². The van der Waals surface area contributed by atoms with E-state index in [4.69, 9.17) is 11.6 Å². The summed E-state index contributed by atoms with van der Waals surface area (Å²) in [6.07, 6.45) is 0. The summed E-state index contributed by atoms with van der Waals surface area (Å²) in [7, 11) is 1.94. The topological polar surface area (TPSA) is 20.3 Å². The van der Waals surface area contributed by atoms with E-state index in [0.717, 1.165) is 6.54 Å². The van der Waals surface area contributed by atoms with Crippen molar-refractivity contribution in [1.82, 2.24) is 4.90 Å². The molecule has 0 saturated heterocycles. The molecule has 1 aromatic carbocycles. The summed E-state index contributed by atoms with van der Waals surface area (Å²) < 4.78 is 0. The van der Waals surface area contributed by atoms with Crippen LogP contribution >= 0.6 is 22.9 Å². The van der Waals surface area contributed by atoms with E-state index < -0.39 is 0 Å². The molecular formula is C14H14ClNOS. The van der Waals surface area contributed by atoms with Crippen molar-refractivity contribution in [3.63, 3.8) is 0 Å². The van der Waals surface area contributed by atoms with Crippen molar-refractivity contribution >= 4 is 28.7 Å². The van der Waals surface area contributed by atoms with Gasteiger partial charge >= 0.3 is 0 Å². The Morgan fingerprint density at radius 1 is 1.39 bits per heavy atom. The minimum absolute atomic E-state index is 0.0928. The van der Waals surface area contributed by atoms with Crippen LogP contribution in [0.3, 0.4) is 0 Å². The van der Waals surface area contributed by atoms with Crippen LogP contribution in [0.1, 0.15) is 15.9 Å². The predicted octanol–water partition coefficient (Wildman–Crippen LogP) is 3.72. The van der Waals surface area contributed by atoms with Crippen molar-refractivity contribution in [2.45, 2.75) is 6.54 Å². The number of Topliss-reactive ketones (excluding diaryl/α,β-unsaturated/α-hetero) is 1. The van der Waals surface area contributed by atoms with E-state index >= 15 is 0 Å². The zero-order valence-electron chi connectivity index (χ0n) is 10.1. The summed E-state index contributed by atoms with van der Waals surface area (Å²) in [5, 5.41) is 4.74. The number of ketones is 1. The lowest BCUT2D eigenvalue weighted by Crippen LogP contribution is -2.25. The van der Waals surface area contributed by atoms with E-state index in [9.17, 15) is 4.79 Å². The van der Waals surface area contributed by atoms with Gasteiger partial charge in [0.25, 0.3) is 0 Å². The molecule has 0 amide bonds. The fourth-order valence-corrected chi connectivity index (χ4v) is 2.60. The average Bonchev–Trinajstić information content (AvgIpc) is 2.81. The molecule has 0 saturated carbocycles. The summed E-state index contributed by atoms with van der Waals surface area (Å²) in [4.78, 5) is 14.0. The fourth-order valence-electron chi connectivity index (χ4n) is 1.75. The van der Waals surface area contributed by atoms with Crippen molar-refractivity contribution in [2.75, 3.05) is 13.6 Å². The largest absolute Gasteiger partial charge is 0.295 e. The van der Waals surface area contributed by atoms with Gasteiger partial charge in [0, 0.05) is 17.1 Å². The second-order valence-corrected chi connectivity index (χ2v) is 5.45. The van der Waals surface area contributed by atoms with Gasteiger partial charge in [-0.2, -0.15) is 11.3 Å². The number of rotatable bonds is 5. The van der Waals surface area contributed by atoms with Crippen molar-refractivity contribution in [3.05, 3.63) is 57.2 Å². The summed E-state index contributed by atoms with van der Waals surface area (Å²) in [6, 6.07) is 9.15. The summed E-state index contributed by atoms with van der Waals surface area (Å²) >= 11 is 7.55. The molecule has 0 N–H and O–H groups in total. The molecule has 0 aliphatic rings. The van der Waals surface area contributed by atoms with Gasteiger partial charge in [-0.15, -0.1) is 0 Å². The van der Waals surface area contributed by atoms with Gasteiger partial charge in [-0.05, 0) is 41.6 Å². The molecule has 0 aliphatic heterocycles. The van der Waals surface area contributed by atoms with Gasteiger partial charge in [-0.25, -0.2) is 0 Å². The van der Waals surface area contributed by atoms with Gasteiger partial charge in [0.05, 0.1) is 6.54 Å². The van der Waals surface area contributed by atoms with Crippen LogP contribution in [0.15, 0.2) is 41.1 Å². The second-order valence-electron chi connectivity index (χ2n) is 4.24. The molecule has 1 heterocycles. The van der Waals surface area contributed by atoms with Gasteiger partial charge in [0.15, 0.2) is 5.78 Å². The Kier molecular flexibility index (Phi) is 4.53. The molecule has 2 rings (SSSR count). The number of halogens is 1. The zero-order chi connectivity index (χ0) is 13.0. The maximum Gasteiger partial charge on any atom is 0.176 e. The van der Waals surface area contributed by atoms with Gasteiger partial charge in [0.1, 0.15) is 0 Å². The lowest BCUT2D eigenvalue weighted by molar-refractivity contribution is 0.0943. The minimum Gasteiger partial charge on any atom is -0.295 e. The van der Waals surface area contributed by atoms with Crippen molar-refractivity contribution in [2.24, 2.45) is 0 Å². The van der Waals surface area contributed by atoms with Crippen molar-refractivity contribution in [3.8, 4) is 0 Å². The first-order valence-electron chi connectivity index (χ1n) is 5.63. The molecule has 2 nitrogen and oxygen atoms in total. The third kappa shape index (κ3) is 3.67. The van der Waals surface area contributed by atoms with Crippen LogP contribution in [0.5, 0.6) is 0 Å². The lowest BCUT2D eigenvalue weighted by Gasteiger charge is -2.14. The molecular weight excluding hydrogens is 266 g/mol. The highest BCUT2D eigenvalue weighted by Crippen LogP contribution is 2.12. The predicted molar refractivity (Wildman–Crippen MR) is 76.4 cm³/mol. The van der Waals surface area contributed by atoms with Crippen LogP contribution in [-0.2, 0) is 6.54 Å². The van der Waals surface area contributed by atoms with Crippen LogP contribution in [-0.4, -0.2) is 24.3 Å². The molecule has 0 unspecified atom stereocenters. The highest BCUT2D eigenvalue weighted by Gasteiger charge is 2.10. The Morgan fingerprint density at radius 3 is 2.89 bits per heavy atom. The lowest BCUT2D eigenvalue weighted by atomic mass is 10.1. The molecule has 0 fully saturated rings. The number of carbonyl (C=O) groups excluding carboxylic acids is 1. The standard InChI is InChI=1S/C14H14ClNOS/c1-16(8-11-5-6-18-10-11)9-14(17)12-3-2-4-13(15)7-12/h2-7,10H,8-9H2,1H3. The van der Waals surface area contributed by atoms with E-state index in [1.54, 1.807) is 35.6 Å². The Morgan fingerprint density at radius 2 is 2.22 bits per heavy atom. The van der Waals surface area contributed by atoms with E-state index in [0.29, 0.717) is 17.1 Å². The van der Waals surface area contributed by atoms with Gasteiger partial charge in [-0.3, -0.25) is 9.69 Å². The van der Waals surface area contributed by atoms with E-state index in [1.165, 1.54) is 5.56 Å². The van der Waals surface area contributed by atoms with Gasteiger partial charge < -0.3 is 0 Å². The van der Waals surface area contributed by atoms with Gasteiger partial charge in [-0.1, -0.05) is 23.7 Å². The monoisotopic (exact) mass is 279 g/mol. The fraction of sp³-hybridized carbons (Fsp3) is 0.214. The summed E-state index contributed by atoms with van der Waals surface area (Å²) in [5.74, 6) is 0.0928. The van der Waals surface area contributed by atoms with Crippen LogP contribution in [0.4, 0.5) is 0 Å². The molecule has 0 spiro atoms. The van der Waals surface area contributed by atoms with Crippen LogP contribution in [0.2, 0.25) is 5.02 Å². The van der Waals surface area contributed by atoms with Gasteiger partial charge in [0.2, 0.25) is 0 Å². The Hall–Kier alpha value is -1.16. The molecule has 1 aromatic heterocycles.